The molecule has 0 saturated carbocycles. The van der Waals surface area contributed by atoms with Crippen molar-refractivity contribution in [1.82, 2.24) is 10.2 Å². The molecule has 3 heteroatoms. The Hall–Kier alpha value is -0.120. The van der Waals surface area contributed by atoms with Crippen LogP contribution in [-0.4, -0.2) is 49.3 Å². The van der Waals surface area contributed by atoms with Gasteiger partial charge >= 0.3 is 0 Å². The van der Waals surface area contributed by atoms with E-state index in [0.717, 1.165) is 24.9 Å². The van der Waals surface area contributed by atoms with E-state index in [-0.39, 0.29) is 5.60 Å². The molecule has 2 heterocycles. The summed E-state index contributed by atoms with van der Waals surface area (Å²) in [6, 6.07) is 0. The lowest BCUT2D eigenvalue weighted by atomic mass is 9.96. The van der Waals surface area contributed by atoms with Crippen molar-refractivity contribution in [1.29, 1.82) is 0 Å². The molecule has 2 saturated heterocycles. The summed E-state index contributed by atoms with van der Waals surface area (Å²) in [5, 5.41) is 3.49. The van der Waals surface area contributed by atoms with Crippen LogP contribution < -0.4 is 5.32 Å². The van der Waals surface area contributed by atoms with E-state index >= 15 is 0 Å². The second-order valence-electron chi connectivity index (χ2n) is 6.28. The van der Waals surface area contributed by atoms with Crippen LogP contribution in [-0.2, 0) is 4.74 Å². The lowest BCUT2D eigenvalue weighted by molar-refractivity contribution is -0.131. The lowest BCUT2D eigenvalue weighted by Gasteiger charge is -2.42. The maximum absolute atomic E-state index is 5.94. The molecule has 0 aromatic rings. The van der Waals surface area contributed by atoms with E-state index in [1.54, 1.807) is 0 Å². The second kappa shape index (κ2) is 4.63. The molecular weight excluding hydrogens is 200 g/mol. The summed E-state index contributed by atoms with van der Waals surface area (Å²) in [6.45, 7) is 14.7. The second-order valence-corrected chi connectivity index (χ2v) is 6.28. The SMILES string of the molecule is CC1CN(CC2CNCC2C)CC(C)(C)O1. The maximum atomic E-state index is 5.94. The van der Waals surface area contributed by atoms with Gasteiger partial charge in [-0.1, -0.05) is 6.92 Å². The molecule has 2 aliphatic heterocycles. The van der Waals surface area contributed by atoms with Gasteiger partial charge in [0.2, 0.25) is 0 Å². The van der Waals surface area contributed by atoms with Gasteiger partial charge in [-0.25, -0.2) is 0 Å². The third-order valence-corrected chi connectivity index (χ3v) is 3.81. The van der Waals surface area contributed by atoms with Crippen molar-refractivity contribution >= 4 is 0 Å². The number of nitrogens with zero attached hydrogens (tertiary/aromatic N) is 1. The van der Waals surface area contributed by atoms with Crippen LogP contribution in [0.5, 0.6) is 0 Å². The minimum atomic E-state index is 0.0208. The summed E-state index contributed by atoms with van der Waals surface area (Å²) >= 11 is 0. The average Bonchev–Trinajstić information content (AvgIpc) is 2.48. The van der Waals surface area contributed by atoms with Crippen LogP contribution in [0.15, 0.2) is 0 Å². The molecule has 0 aromatic heterocycles. The molecule has 2 fully saturated rings. The standard InChI is InChI=1S/C13H26N2O/c1-10-5-14-6-12(10)8-15-7-11(2)16-13(3,4)9-15/h10-12,14H,5-9H2,1-4H3. The average molecular weight is 226 g/mol. The number of morpholine rings is 1. The molecule has 3 unspecified atom stereocenters. The van der Waals surface area contributed by atoms with E-state index < -0.39 is 0 Å². The molecule has 1 N–H and O–H groups in total. The molecule has 0 spiro atoms. The first-order valence-corrected chi connectivity index (χ1v) is 6.57. The fourth-order valence-corrected chi connectivity index (χ4v) is 3.17. The summed E-state index contributed by atoms with van der Waals surface area (Å²) in [5.74, 6) is 1.64. The number of ether oxygens (including phenoxy) is 1. The molecule has 3 atom stereocenters. The summed E-state index contributed by atoms with van der Waals surface area (Å²) < 4.78 is 5.94. The zero-order valence-corrected chi connectivity index (χ0v) is 11.1. The van der Waals surface area contributed by atoms with Gasteiger partial charge in [-0.15, -0.1) is 0 Å². The molecule has 2 aliphatic rings. The van der Waals surface area contributed by atoms with Crippen LogP contribution in [0, 0.1) is 11.8 Å². The highest BCUT2D eigenvalue weighted by Gasteiger charge is 2.33. The molecule has 0 radical (unpaired) electrons. The van der Waals surface area contributed by atoms with Gasteiger partial charge in [-0.05, 0) is 45.7 Å². The lowest BCUT2D eigenvalue weighted by Crippen LogP contribution is -2.53. The number of hydrogen-bond acceptors (Lipinski definition) is 3. The Kier molecular flexibility index (Phi) is 3.57. The van der Waals surface area contributed by atoms with Gasteiger partial charge in [0.15, 0.2) is 0 Å². The van der Waals surface area contributed by atoms with Gasteiger partial charge in [0.25, 0.3) is 0 Å². The highest BCUT2D eigenvalue weighted by atomic mass is 16.5. The van der Waals surface area contributed by atoms with Crippen LogP contribution in [0.2, 0.25) is 0 Å². The molecule has 94 valence electrons. The number of hydrogen-bond donors (Lipinski definition) is 1. The Balaban J connectivity index is 1.89. The molecule has 2 rings (SSSR count). The van der Waals surface area contributed by atoms with Gasteiger partial charge in [-0.2, -0.15) is 0 Å². The number of rotatable bonds is 2. The fraction of sp³-hybridized carbons (Fsp3) is 1.00. The summed E-state index contributed by atoms with van der Waals surface area (Å²) in [6.07, 6.45) is 0.369. The van der Waals surface area contributed by atoms with Gasteiger partial charge < -0.3 is 10.1 Å². The zero-order chi connectivity index (χ0) is 11.8. The summed E-state index contributed by atoms with van der Waals surface area (Å²) in [4.78, 5) is 2.59. The molecule has 0 aromatic carbocycles. The fourth-order valence-electron chi connectivity index (χ4n) is 3.17. The van der Waals surface area contributed by atoms with Crippen molar-refractivity contribution in [3.05, 3.63) is 0 Å². The third-order valence-electron chi connectivity index (χ3n) is 3.81. The van der Waals surface area contributed by atoms with Crippen molar-refractivity contribution in [3.63, 3.8) is 0 Å². The Morgan fingerprint density at radius 3 is 2.62 bits per heavy atom. The Morgan fingerprint density at radius 2 is 2.06 bits per heavy atom. The Morgan fingerprint density at radius 1 is 1.31 bits per heavy atom. The van der Waals surface area contributed by atoms with E-state index in [4.69, 9.17) is 4.74 Å². The third kappa shape index (κ3) is 2.96. The normalized spacial score (nSPS) is 40.1. The first kappa shape index (κ1) is 12.3. The van der Waals surface area contributed by atoms with Gasteiger partial charge in [0.1, 0.15) is 0 Å². The summed E-state index contributed by atoms with van der Waals surface area (Å²) in [5.41, 5.74) is 0.0208. The van der Waals surface area contributed by atoms with E-state index in [2.05, 4.69) is 37.9 Å². The minimum absolute atomic E-state index is 0.0208. The molecule has 0 amide bonds. The smallest absolute Gasteiger partial charge is 0.0757 e. The van der Waals surface area contributed by atoms with Crippen LogP contribution >= 0.6 is 0 Å². The van der Waals surface area contributed by atoms with Crippen molar-refractivity contribution in [2.75, 3.05) is 32.7 Å². The van der Waals surface area contributed by atoms with Crippen LogP contribution in [0.25, 0.3) is 0 Å². The van der Waals surface area contributed by atoms with Crippen LogP contribution in [0.3, 0.4) is 0 Å². The van der Waals surface area contributed by atoms with Gasteiger partial charge in [0, 0.05) is 19.6 Å². The number of nitrogens with one attached hydrogen (secondary N) is 1. The predicted octanol–water partition coefficient (Wildman–Crippen LogP) is 1.34. The van der Waals surface area contributed by atoms with Gasteiger partial charge in [0.05, 0.1) is 11.7 Å². The quantitative estimate of drug-likeness (QED) is 0.769. The molecule has 16 heavy (non-hydrogen) atoms. The Bertz CT molecular complexity index is 242. The summed E-state index contributed by atoms with van der Waals surface area (Å²) in [7, 11) is 0. The van der Waals surface area contributed by atoms with Crippen molar-refractivity contribution < 1.29 is 4.74 Å². The van der Waals surface area contributed by atoms with Crippen molar-refractivity contribution in [3.8, 4) is 0 Å². The largest absolute Gasteiger partial charge is 0.370 e. The van der Waals surface area contributed by atoms with Crippen LogP contribution in [0.4, 0.5) is 0 Å². The topological polar surface area (TPSA) is 24.5 Å². The Labute approximate surface area is 99.5 Å². The van der Waals surface area contributed by atoms with Crippen molar-refractivity contribution in [2.24, 2.45) is 11.8 Å². The maximum Gasteiger partial charge on any atom is 0.0757 e. The van der Waals surface area contributed by atoms with Gasteiger partial charge in [-0.3, -0.25) is 4.90 Å². The zero-order valence-electron chi connectivity index (χ0n) is 11.1. The first-order chi connectivity index (χ1) is 7.46. The monoisotopic (exact) mass is 226 g/mol. The predicted molar refractivity (Wildman–Crippen MR) is 66.6 cm³/mol. The molecular formula is C13H26N2O. The van der Waals surface area contributed by atoms with Crippen LogP contribution in [0.1, 0.15) is 27.7 Å². The van der Waals surface area contributed by atoms with E-state index in [0.29, 0.717) is 6.10 Å². The molecule has 0 aliphatic carbocycles. The minimum Gasteiger partial charge on any atom is -0.370 e. The van der Waals surface area contributed by atoms with E-state index in [1.165, 1.54) is 19.6 Å². The van der Waals surface area contributed by atoms with E-state index in [9.17, 15) is 0 Å². The van der Waals surface area contributed by atoms with Crippen molar-refractivity contribution in [2.45, 2.75) is 39.4 Å². The highest BCUT2D eigenvalue weighted by Crippen LogP contribution is 2.24. The van der Waals surface area contributed by atoms with E-state index in [1.807, 2.05) is 0 Å². The molecule has 3 nitrogen and oxygen atoms in total. The molecule has 0 bridgehead atoms. The highest BCUT2D eigenvalue weighted by molar-refractivity contribution is 4.87. The first-order valence-electron chi connectivity index (χ1n) is 6.57.